The SMILES string of the molecule is CCCCCCS(=O)CCCCCCCCCCC1=C(c2ccc(O)cc2)CCc2cc(O)ccc21. The molecule has 3 rings (SSSR count). The van der Waals surface area contributed by atoms with Gasteiger partial charge in [0, 0.05) is 22.3 Å². The molecule has 2 aromatic carbocycles. The summed E-state index contributed by atoms with van der Waals surface area (Å²) in [6.07, 6.45) is 17.7. The van der Waals surface area contributed by atoms with E-state index in [1.165, 1.54) is 92.0 Å². The first kappa shape index (κ1) is 28.5. The third kappa shape index (κ3) is 9.42. The minimum Gasteiger partial charge on any atom is -0.508 e. The molecule has 0 heterocycles. The van der Waals surface area contributed by atoms with E-state index in [0.717, 1.165) is 43.6 Å². The zero-order chi connectivity index (χ0) is 25.6. The molecule has 198 valence electrons. The fourth-order valence-electron chi connectivity index (χ4n) is 5.34. The molecule has 2 N–H and O–H groups in total. The van der Waals surface area contributed by atoms with Crippen molar-refractivity contribution >= 4 is 21.9 Å². The number of fused-ring (bicyclic) bond motifs is 1. The number of phenolic OH excluding ortho intramolecular Hbond substituents is 2. The van der Waals surface area contributed by atoms with E-state index in [2.05, 4.69) is 13.0 Å². The van der Waals surface area contributed by atoms with Gasteiger partial charge >= 0.3 is 0 Å². The second-order valence-electron chi connectivity index (χ2n) is 10.3. The van der Waals surface area contributed by atoms with Crippen LogP contribution in [-0.2, 0) is 17.2 Å². The van der Waals surface area contributed by atoms with Gasteiger partial charge in [0.25, 0.3) is 0 Å². The van der Waals surface area contributed by atoms with Gasteiger partial charge in [0.05, 0.1) is 0 Å². The first-order valence-corrected chi connectivity index (χ1v) is 15.8. The minimum atomic E-state index is -0.604. The Labute approximate surface area is 221 Å². The van der Waals surface area contributed by atoms with Crippen LogP contribution in [0.1, 0.15) is 114 Å². The van der Waals surface area contributed by atoms with Crippen molar-refractivity contribution in [3.05, 3.63) is 59.2 Å². The van der Waals surface area contributed by atoms with Gasteiger partial charge in [-0.1, -0.05) is 82.9 Å². The Kier molecular flexibility index (Phi) is 12.6. The van der Waals surface area contributed by atoms with Gasteiger partial charge in [-0.15, -0.1) is 0 Å². The van der Waals surface area contributed by atoms with Crippen LogP contribution < -0.4 is 0 Å². The Morgan fingerprint density at radius 2 is 1.28 bits per heavy atom. The molecule has 0 amide bonds. The number of phenols is 2. The Balaban J connectivity index is 1.38. The van der Waals surface area contributed by atoms with Crippen molar-refractivity contribution in [3.8, 4) is 11.5 Å². The number of aryl methyl sites for hydroxylation is 1. The number of allylic oxidation sites excluding steroid dienone is 2. The van der Waals surface area contributed by atoms with Crippen molar-refractivity contribution in [1.82, 2.24) is 0 Å². The lowest BCUT2D eigenvalue weighted by atomic mass is 9.80. The highest BCUT2D eigenvalue weighted by Gasteiger charge is 2.20. The van der Waals surface area contributed by atoms with Crippen molar-refractivity contribution in [1.29, 1.82) is 0 Å². The highest BCUT2D eigenvalue weighted by Crippen LogP contribution is 2.41. The second kappa shape index (κ2) is 15.9. The van der Waals surface area contributed by atoms with Crippen LogP contribution in [0.3, 0.4) is 0 Å². The molecule has 0 saturated heterocycles. The second-order valence-corrected chi connectivity index (χ2v) is 12.0. The zero-order valence-electron chi connectivity index (χ0n) is 22.3. The quantitative estimate of drug-likeness (QED) is 0.209. The van der Waals surface area contributed by atoms with Crippen LogP contribution >= 0.6 is 0 Å². The van der Waals surface area contributed by atoms with Gasteiger partial charge in [0.1, 0.15) is 11.5 Å². The molecule has 0 aromatic heterocycles. The van der Waals surface area contributed by atoms with Crippen molar-refractivity contribution in [2.45, 2.75) is 103 Å². The topological polar surface area (TPSA) is 57.5 Å². The summed E-state index contributed by atoms with van der Waals surface area (Å²) in [5.41, 5.74) is 6.52. The summed E-state index contributed by atoms with van der Waals surface area (Å²) in [5.74, 6) is 2.44. The molecule has 0 spiro atoms. The van der Waals surface area contributed by atoms with E-state index < -0.39 is 10.8 Å². The van der Waals surface area contributed by atoms with Gasteiger partial charge in [-0.2, -0.15) is 0 Å². The van der Waals surface area contributed by atoms with E-state index in [-0.39, 0.29) is 0 Å². The van der Waals surface area contributed by atoms with E-state index in [0.29, 0.717) is 11.5 Å². The maximum atomic E-state index is 12.0. The smallest absolute Gasteiger partial charge is 0.115 e. The maximum Gasteiger partial charge on any atom is 0.115 e. The number of hydrogen-bond donors (Lipinski definition) is 2. The van der Waals surface area contributed by atoms with Crippen LogP contribution in [-0.4, -0.2) is 25.9 Å². The molecule has 0 bridgehead atoms. The molecule has 1 unspecified atom stereocenters. The lowest BCUT2D eigenvalue weighted by Gasteiger charge is -2.24. The first-order valence-electron chi connectivity index (χ1n) is 14.3. The van der Waals surface area contributed by atoms with E-state index >= 15 is 0 Å². The highest BCUT2D eigenvalue weighted by atomic mass is 32.2. The minimum absolute atomic E-state index is 0.303. The van der Waals surface area contributed by atoms with Crippen LogP contribution in [0.5, 0.6) is 11.5 Å². The van der Waals surface area contributed by atoms with E-state index in [1.807, 2.05) is 18.2 Å². The predicted octanol–water partition coefficient (Wildman–Crippen LogP) is 8.79. The number of hydrogen-bond acceptors (Lipinski definition) is 3. The van der Waals surface area contributed by atoms with Crippen molar-refractivity contribution in [2.75, 3.05) is 11.5 Å². The third-order valence-corrected chi connectivity index (χ3v) is 8.90. The van der Waals surface area contributed by atoms with E-state index in [4.69, 9.17) is 0 Å². The molecule has 0 radical (unpaired) electrons. The Morgan fingerprint density at radius 3 is 1.94 bits per heavy atom. The molecule has 4 heteroatoms. The van der Waals surface area contributed by atoms with Crippen LogP contribution in [0.15, 0.2) is 42.5 Å². The van der Waals surface area contributed by atoms with E-state index in [1.54, 1.807) is 18.2 Å². The van der Waals surface area contributed by atoms with Crippen molar-refractivity contribution in [3.63, 3.8) is 0 Å². The zero-order valence-corrected chi connectivity index (χ0v) is 23.1. The fraction of sp³-hybridized carbons (Fsp3) is 0.562. The van der Waals surface area contributed by atoms with Gasteiger partial charge in [0.2, 0.25) is 0 Å². The molecule has 0 saturated carbocycles. The lowest BCUT2D eigenvalue weighted by molar-refractivity contribution is 0.474. The van der Waals surface area contributed by atoms with Crippen LogP contribution in [0.25, 0.3) is 11.1 Å². The Hall–Kier alpha value is -2.07. The summed E-state index contributed by atoms with van der Waals surface area (Å²) in [6.45, 7) is 2.22. The average molecular weight is 511 g/mol. The number of aromatic hydroxyl groups is 2. The van der Waals surface area contributed by atoms with Crippen LogP contribution in [0, 0.1) is 0 Å². The maximum absolute atomic E-state index is 12.0. The summed E-state index contributed by atoms with van der Waals surface area (Å²) >= 11 is 0. The van der Waals surface area contributed by atoms with Gasteiger partial charge < -0.3 is 10.2 Å². The molecule has 3 nitrogen and oxygen atoms in total. The van der Waals surface area contributed by atoms with E-state index in [9.17, 15) is 14.4 Å². The molecule has 1 atom stereocenters. The molecule has 0 aliphatic heterocycles. The lowest BCUT2D eigenvalue weighted by Crippen LogP contribution is -2.05. The summed E-state index contributed by atoms with van der Waals surface area (Å²) < 4.78 is 12.0. The molecule has 36 heavy (non-hydrogen) atoms. The third-order valence-electron chi connectivity index (χ3n) is 7.41. The standard InChI is InChI=1S/C32H46O3S/c1-2-3-4-12-23-36(35)24-13-10-8-6-5-7-9-11-14-32-30(26-15-18-28(33)19-16-26)21-17-27-25-29(34)20-22-31(27)32/h15-16,18-20,22,25,33-34H,2-14,17,21,23-24H2,1H3. The van der Waals surface area contributed by atoms with Crippen molar-refractivity contribution < 1.29 is 14.4 Å². The molecule has 2 aromatic rings. The van der Waals surface area contributed by atoms with Crippen LogP contribution in [0.4, 0.5) is 0 Å². The van der Waals surface area contributed by atoms with Crippen LogP contribution in [0.2, 0.25) is 0 Å². The summed E-state index contributed by atoms with van der Waals surface area (Å²) in [7, 11) is -0.604. The Morgan fingerprint density at radius 1 is 0.694 bits per heavy atom. The summed E-state index contributed by atoms with van der Waals surface area (Å²) in [5, 5.41) is 19.7. The molecule has 0 fully saturated rings. The largest absolute Gasteiger partial charge is 0.508 e. The summed E-state index contributed by atoms with van der Waals surface area (Å²) in [4.78, 5) is 0. The number of rotatable bonds is 17. The van der Waals surface area contributed by atoms with Gasteiger partial charge in [-0.3, -0.25) is 4.21 Å². The molecule has 1 aliphatic rings. The van der Waals surface area contributed by atoms with Gasteiger partial charge in [0.15, 0.2) is 0 Å². The number of unbranched alkanes of at least 4 members (excludes halogenated alkanes) is 10. The molecule has 1 aliphatic carbocycles. The predicted molar refractivity (Wildman–Crippen MR) is 155 cm³/mol. The Bertz CT molecular complexity index is 977. The van der Waals surface area contributed by atoms with Crippen molar-refractivity contribution in [2.24, 2.45) is 0 Å². The van der Waals surface area contributed by atoms with Gasteiger partial charge in [-0.25, -0.2) is 0 Å². The highest BCUT2D eigenvalue weighted by molar-refractivity contribution is 7.84. The van der Waals surface area contributed by atoms with Gasteiger partial charge in [-0.05, 0) is 90.6 Å². The fourth-order valence-corrected chi connectivity index (χ4v) is 6.59. The number of benzene rings is 2. The first-order chi connectivity index (χ1) is 17.6. The normalized spacial score (nSPS) is 14.1. The summed E-state index contributed by atoms with van der Waals surface area (Å²) in [6, 6.07) is 13.4. The monoisotopic (exact) mass is 510 g/mol. The molecular weight excluding hydrogens is 464 g/mol. The molecular formula is C32H46O3S. The average Bonchev–Trinajstić information content (AvgIpc) is 2.88.